The monoisotopic (exact) mass is 304 g/mol. The van der Waals surface area contributed by atoms with Crippen LogP contribution in [0.15, 0.2) is 30.3 Å². The SMILES string of the molecule is NCCCN1CCN(c2ccc3cc(Cl)ccc3n2)CC1. The Kier molecular flexibility index (Phi) is 4.58. The lowest BCUT2D eigenvalue weighted by molar-refractivity contribution is 0.256. The van der Waals surface area contributed by atoms with Crippen molar-refractivity contribution in [2.45, 2.75) is 6.42 Å². The van der Waals surface area contributed by atoms with Crippen molar-refractivity contribution in [1.82, 2.24) is 9.88 Å². The molecule has 0 unspecified atom stereocenters. The summed E-state index contributed by atoms with van der Waals surface area (Å²) < 4.78 is 0. The highest BCUT2D eigenvalue weighted by atomic mass is 35.5. The van der Waals surface area contributed by atoms with Crippen molar-refractivity contribution in [3.63, 3.8) is 0 Å². The predicted octanol–water partition coefficient (Wildman–Crippen LogP) is 2.36. The van der Waals surface area contributed by atoms with Gasteiger partial charge >= 0.3 is 0 Å². The van der Waals surface area contributed by atoms with E-state index in [0.29, 0.717) is 0 Å². The Bertz CT molecular complexity index is 608. The molecule has 4 nitrogen and oxygen atoms in total. The Balaban J connectivity index is 1.69. The topological polar surface area (TPSA) is 45.4 Å². The van der Waals surface area contributed by atoms with Crippen molar-refractivity contribution in [3.8, 4) is 0 Å². The molecule has 0 bridgehead atoms. The molecule has 1 aliphatic rings. The first-order valence-corrected chi connectivity index (χ1v) is 7.88. The van der Waals surface area contributed by atoms with Crippen LogP contribution in [0.4, 0.5) is 5.82 Å². The molecule has 1 aromatic carbocycles. The largest absolute Gasteiger partial charge is 0.354 e. The van der Waals surface area contributed by atoms with E-state index in [2.05, 4.69) is 21.9 Å². The van der Waals surface area contributed by atoms with E-state index in [0.717, 1.165) is 67.4 Å². The maximum Gasteiger partial charge on any atom is 0.129 e. The number of nitrogens with zero attached hydrogens (tertiary/aromatic N) is 3. The van der Waals surface area contributed by atoms with Gasteiger partial charge in [-0.1, -0.05) is 11.6 Å². The molecule has 0 amide bonds. The van der Waals surface area contributed by atoms with Crippen LogP contribution in [0.1, 0.15) is 6.42 Å². The molecule has 2 N–H and O–H groups in total. The Morgan fingerprint density at radius 3 is 2.67 bits per heavy atom. The first-order chi connectivity index (χ1) is 10.3. The van der Waals surface area contributed by atoms with Crippen molar-refractivity contribution in [2.24, 2.45) is 5.73 Å². The van der Waals surface area contributed by atoms with Gasteiger partial charge < -0.3 is 10.6 Å². The van der Waals surface area contributed by atoms with Crippen LogP contribution in [0, 0.1) is 0 Å². The van der Waals surface area contributed by atoms with Gasteiger partial charge in [-0.05, 0) is 49.8 Å². The van der Waals surface area contributed by atoms with Crippen molar-refractivity contribution < 1.29 is 0 Å². The molecule has 21 heavy (non-hydrogen) atoms. The van der Waals surface area contributed by atoms with Crippen LogP contribution in [0.2, 0.25) is 5.02 Å². The lowest BCUT2D eigenvalue weighted by atomic mass is 10.2. The van der Waals surface area contributed by atoms with Gasteiger partial charge in [-0.15, -0.1) is 0 Å². The van der Waals surface area contributed by atoms with Gasteiger partial charge in [-0.3, -0.25) is 4.90 Å². The second-order valence-electron chi connectivity index (χ2n) is 5.48. The van der Waals surface area contributed by atoms with Gasteiger partial charge in [0.05, 0.1) is 5.52 Å². The van der Waals surface area contributed by atoms with E-state index in [1.54, 1.807) is 0 Å². The van der Waals surface area contributed by atoms with Gasteiger partial charge in [0, 0.05) is 36.6 Å². The number of rotatable bonds is 4. The lowest BCUT2D eigenvalue weighted by Gasteiger charge is -2.35. The number of fused-ring (bicyclic) bond motifs is 1. The van der Waals surface area contributed by atoms with Gasteiger partial charge in [0.2, 0.25) is 0 Å². The van der Waals surface area contributed by atoms with Gasteiger partial charge in [0.1, 0.15) is 5.82 Å². The van der Waals surface area contributed by atoms with E-state index < -0.39 is 0 Å². The average Bonchev–Trinajstić information content (AvgIpc) is 2.53. The molecule has 2 aromatic rings. The third-order valence-corrected chi connectivity index (χ3v) is 4.25. The first-order valence-electron chi connectivity index (χ1n) is 7.50. The molecule has 2 heterocycles. The van der Waals surface area contributed by atoms with Crippen LogP contribution in [-0.4, -0.2) is 49.2 Å². The lowest BCUT2D eigenvalue weighted by Crippen LogP contribution is -2.47. The second kappa shape index (κ2) is 6.60. The highest BCUT2D eigenvalue weighted by molar-refractivity contribution is 6.31. The Morgan fingerprint density at radius 1 is 1.10 bits per heavy atom. The highest BCUT2D eigenvalue weighted by Crippen LogP contribution is 2.22. The molecule has 1 saturated heterocycles. The molecule has 1 aromatic heterocycles. The molecule has 0 radical (unpaired) electrons. The second-order valence-corrected chi connectivity index (χ2v) is 5.91. The van der Waals surface area contributed by atoms with E-state index in [4.69, 9.17) is 22.3 Å². The maximum absolute atomic E-state index is 6.01. The van der Waals surface area contributed by atoms with Crippen molar-refractivity contribution >= 4 is 28.3 Å². The van der Waals surface area contributed by atoms with Crippen LogP contribution >= 0.6 is 11.6 Å². The minimum absolute atomic E-state index is 0.755. The Labute approximate surface area is 130 Å². The summed E-state index contributed by atoms with van der Waals surface area (Å²) in [5, 5.41) is 1.85. The van der Waals surface area contributed by atoms with Crippen LogP contribution < -0.4 is 10.6 Å². The van der Waals surface area contributed by atoms with Crippen molar-refractivity contribution in [1.29, 1.82) is 0 Å². The average molecular weight is 305 g/mol. The number of anilines is 1. The summed E-state index contributed by atoms with van der Waals surface area (Å²) in [6.45, 7) is 6.09. The van der Waals surface area contributed by atoms with Crippen LogP contribution in [0.25, 0.3) is 10.9 Å². The van der Waals surface area contributed by atoms with E-state index in [1.165, 1.54) is 0 Å². The first kappa shape index (κ1) is 14.6. The van der Waals surface area contributed by atoms with Gasteiger partial charge in [0.25, 0.3) is 0 Å². The molecular weight excluding hydrogens is 284 g/mol. The van der Waals surface area contributed by atoms with E-state index in [9.17, 15) is 0 Å². The van der Waals surface area contributed by atoms with Crippen molar-refractivity contribution in [3.05, 3.63) is 35.4 Å². The van der Waals surface area contributed by atoms with Crippen LogP contribution in [-0.2, 0) is 0 Å². The minimum atomic E-state index is 0.755. The molecule has 0 atom stereocenters. The molecule has 0 aliphatic carbocycles. The number of pyridine rings is 1. The summed E-state index contributed by atoms with van der Waals surface area (Å²) in [4.78, 5) is 9.59. The quantitative estimate of drug-likeness (QED) is 0.942. The standard InChI is InChI=1S/C16H21ClN4/c17-14-3-4-15-13(12-14)2-5-16(19-15)21-10-8-20(9-11-21)7-1-6-18/h2-5,12H,1,6-11,18H2. The summed E-state index contributed by atoms with van der Waals surface area (Å²) in [7, 11) is 0. The molecule has 112 valence electrons. The zero-order valence-electron chi connectivity index (χ0n) is 12.1. The predicted molar refractivity (Wildman–Crippen MR) is 89.1 cm³/mol. The third kappa shape index (κ3) is 3.46. The molecular formula is C16H21ClN4. The number of hydrogen-bond acceptors (Lipinski definition) is 4. The Hall–Kier alpha value is -1.36. The fourth-order valence-electron chi connectivity index (χ4n) is 2.78. The van der Waals surface area contributed by atoms with Gasteiger partial charge in [-0.25, -0.2) is 4.98 Å². The molecule has 1 aliphatic heterocycles. The number of aromatic nitrogens is 1. The summed E-state index contributed by atoms with van der Waals surface area (Å²) >= 11 is 6.01. The molecule has 3 rings (SSSR count). The molecule has 0 saturated carbocycles. The third-order valence-electron chi connectivity index (χ3n) is 4.01. The Morgan fingerprint density at radius 2 is 1.90 bits per heavy atom. The maximum atomic E-state index is 6.01. The van der Waals surface area contributed by atoms with Crippen molar-refractivity contribution in [2.75, 3.05) is 44.2 Å². The van der Waals surface area contributed by atoms with E-state index in [1.807, 2.05) is 18.2 Å². The molecule has 5 heteroatoms. The number of hydrogen-bond donors (Lipinski definition) is 1. The fraction of sp³-hybridized carbons (Fsp3) is 0.438. The summed E-state index contributed by atoms with van der Waals surface area (Å²) in [6.07, 6.45) is 1.08. The molecule has 0 spiro atoms. The summed E-state index contributed by atoms with van der Waals surface area (Å²) in [6, 6.07) is 10.0. The van der Waals surface area contributed by atoms with Crippen LogP contribution in [0.5, 0.6) is 0 Å². The normalized spacial score (nSPS) is 16.6. The van der Waals surface area contributed by atoms with E-state index >= 15 is 0 Å². The molecule has 1 fully saturated rings. The summed E-state index contributed by atoms with van der Waals surface area (Å²) in [5.41, 5.74) is 6.57. The smallest absolute Gasteiger partial charge is 0.129 e. The van der Waals surface area contributed by atoms with E-state index in [-0.39, 0.29) is 0 Å². The zero-order chi connectivity index (χ0) is 14.7. The van der Waals surface area contributed by atoms with Crippen LogP contribution in [0.3, 0.4) is 0 Å². The van der Waals surface area contributed by atoms with Gasteiger partial charge in [0.15, 0.2) is 0 Å². The van der Waals surface area contributed by atoms with Gasteiger partial charge in [-0.2, -0.15) is 0 Å². The number of benzene rings is 1. The highest BCUT2D eigenvalue weighted by Gasteiger charge is 2.17. The zero-order valence-corrected chi connectivity index (χ0v) is 12.9. The summed E-state index contributed by atoms with van der Waals surface area (Å²) in [5.74, 6) is 1.06. The number of nitrogens with two attached hydrogens (primary N) is 1. The number of halogens is 1. The fourth-order valence-corrected chi connectivity index (χ4v) is 2.96. The number of piperazine rings is 1. The minimum Gasteiger partial charge on any atom is -0.354 e.